The third-order valence-electron chi connectivity index (χ3n) is 2.25. The van der Waals surface area contributed by atoms with E-state index >= 15 is 0 Å². The van der Waals surface area contributed by atoms with Crippen LogP contribution in [0.4, 0.5) is 0 Å². The fourth-order valence-electron chi connectivity index (χ4n) is 1.72. The first-order valence-corrected chi connectivity index (χ1v) is 4.71. The topological polar surface area (TPSA) is 86.7 Å². The van der Waals surface area contributed by atoms with Crippen LogP contribution in [0, 0.1) is 5.92 Å². The van der Waals surface area contributed by atoms with Gasteiger partial charge in [0.1, 0.15) is 6.04 Å². The van der Waals surface area contributed by atoms with Gasteiger partial charge in [-0.15, -0.1) is 0 Å². The Bertz CT molecular complexity index is 284. The van der Waals surface area contributed by atoms with Crippen LogP contribution in [0.25, 0.3) is 0 Å². The Morgan fingerprint density at radius 2 is 1.80 bits per heavy atom. The third-order valence-corrected chi connectivity index (χ3v) is 2.25. The molecule has 15 heavy (non-hydrogen) atoms. The van der Waals surface area contributed by atoms with Gasteiger partial charge in [-0.05, 0) is 5.92 Å². The van der Waals surface area contributed by atoms with E-state index in [9.17, 15) is 14.4 Å². The number of nitrogens with zero attached hydrogens (tertiary/aromatic N) is 1. The van der Waals surface area contributed by atoms with Crippen molar-refractivity contribution in [1.29, 1.82) is 0 Å². The lowest BCUT2D eigenvalue weighted by molar-refractivity contribution is -0.148. The molecule has 1 rings (SSSR count). The predicted octanol–water partition coefficient (Wildman–Crippen LogP) is -0.946. The molecule has 1 saturated heterocycles. The number of amides is 2. The van der Waals surface area contributed by atoms with Crippen molar-refractivity contribution in [3.05, 3.63) is 0 Å². The van der Waals surface area contributed by atoms with Crippen molar-refractivity contribution in [3.63, 3.8) is 0 Å². The smallest absolute Gasteiger partial charge is 0.321 e. The summed E-state index contributed by atoms with van der Waals surface area (Å²) in [6, 6.07) is -0.792. The van der Waals surface area contributed by atoms with Crippen molar-refractivity contribution in [1.82, 2.24) is 10.2 Å². The van der Waals surface area contributed by atoms with Gasteiger partial charge in [-0.25, -0.2) is 0 Å². The number of carboxylic acids is 1. The molecule has 1 heterocycles. The molecular formula is C9H14N2O4. The summed E-state index contributed by atoms with van der Waals surface area (Å²) in [4.78, 5) is 34.5. The molecule has 0 aromatic rings. The highest BCUT2D eigenvalue weighted by Gasteiger charge is 2.34. The molecule has 0 aromatic heterocycles. The van der Waals surface area contributed by atoms with Gasteiger partial charge in [0.25, 0.3) is 0 Å². The minimum Gasteiger partial charge on any atom is -0.480 e. The number of hydrogen-bond acceptors (Lipinski definition) is 4. The molecule has 6 nitrogen and oxygen atoms in total. The van der Waals surface area contributed by atoms with Gasteiger partial charge in [0.05, 0.1) is 13.1 Å². The van der Waals surface area contributed by atoms with E-state index in [2.05, 4.69) is 5.32 Å². The number of nitrogens with one attached hydrogen (secondary N) is 1. The van der Waals surface area contributed by atoms with Crippen molar-refractivity contribution in [2.45, 2.75) is 19.9 Å². The van der Waals surface area contributed by atoms with Crippen molar-refractivity contribution in [3.8, 4) is 0 Å². The largest absolute Gasteiger partial charge is 0.480 e. The second-order valence-corrected chi connectivity index (χ2v) is 3.90. The molecule has 0 bridgehead atoms. The Morgan fingerprint density at radius 1 is 1.33 bits per heavy atom. The van der Waals surface area contributed by atoms with E-state index < -0.39 is 23.8 Å². The molecule has 0 aliphatic carbocycles. The molecule has 1 aliphatic heterocycles. The first-order chi connectivity index (χ1) is 6.91. The number of carbonyl (C=O) groups is 3. The molecule has 1 fully saturated rings. The van der Waals surface area contributed by atoms with Crippen LogP contribution in [0.3, 0.4) is 0 Å². The summed E-state index contributed by atoms with van der Waals surface area (Å²) in [6.07, 6.45) is 0. The van der Waals surface area contributed by atoms with Crippen LogP contribution in [-0.2, 0) is 14.4 Å². The van der Waals surface area contributed by atoms with Crippen LogP contribution >= 0.6 is 0 Å². The molecule has 6 heteroatoms. The molecule has 1 unspecified atom stereocenters. The summed E-state index contributed by atoms with van der Waals surface area (Å²) < 4.78 is 0. The van der Waals surface area contributed by atoms with Gasteiger partial charge in [0, 0.05) is 0 Å². The highest BCUT2D eigenvalue weighted by atomic mass is 16.4. The Balaban J connectivity index is 2.79. The Kier molecular flexibility index (Phi) is 3.41. The monoisotopic (exact) mass is 214 g/mol. The number of aliphatic carboxylic acids is 1. The second-order valence-electron chi connectivity index (χ2n) is 3.90. The molecule has 2 amide bonds. The number of piperazine rings is 1. The van der Waals surface area contributed by atoms with Crippen LogP contribution in [0.5, 0.6) is 0 Å². The number of imide groups is 1. The van der Waals surface area contributed by atoms with E-state index in [0.717, 1.165) is 0 Å². The highest BCUT2D eigenvalue weighted by molar-refractivity contribution is 5.99. The number of hydrogen-bond donors (Lipinski definition) is 2. The van der Waals surface area contributed by atoms with Gasteiger partial charge in [0.2, 0.25) is 11.8 Å². The van der Waals surface area contributed by atoms with Gasteiger partial charge >= 0.3 is 5.97 Å². The van der Waals surface area contributed by atoms with Gasteiger partial charge in [-0.1, -0.05) is 13.8 Å². The van der Waals surface area contributed by atoms with E-state index in [-0.39, 0.29) is 19.0 Å². The summed E-state index contributed by atoms with van der Waals surface area (Å²) in [6.45, 7) is 3.41. The van der Waals surface area contributed by atoms with E-state index in [1.807, 2.05) is 0 Å². The predicted molar refractivity (Wildman–Crippen MR) is 51.0 cm³/mol. The maximum Gasteiger partial charge on any atom is 0.321 e. The average molecular weight is 214 g/mol. The van der Waals surface area contributed by atoms with Gasteiger partial charge in [-0.2, -0.15) is 0 Å². The molecule has 0 radical (unpaired) electrons. The van der Waals surface area contributed by atoms with Gasteiger partial charge < -0.3 is 5.11 Å². The van der Waals surface area contributed by atoms with Gasteiger partial charge in [-0.3, -0.25) is 24.6 Å². The molecule has 1 aliphatic rings. The molecule has 1 atom stereocenters. The second kappa shape index (κ2) is 4.39. The SMILES string of the molecule is CC(C)C(C(=O)O)N1CC(=O)NC(=O)C1. The number of carbonyl (C=O) groups excluding carboxylic acids is 2. The van der Waals surface area contributed by atoms with Crippen LogP contribution in [-0.4, -0.2) is 46.9 Å². The van der Waals surface area contributed by atoms with Crippen molar-refractivity contribution in [2.75, 3.05) is 13.1 Å². The maximum absolute atomic E-state index is 11.1. The lowest BCUT2D eigenvalue weighted by Gasteiger charge is -2.32. The van der Waals surface area contributed by atoms with Crippen LogP contribution < -0.4 is 5.32 Å². The fourth-order valence-corrected chi connectivity index (χ4v) is 1.72. The Hall–Kier alpha value is -1.43. The molecule has 0 aromatic carbocycles. The number of rotatable bonds is 3. The third kappa shape index (κ3) is 2.76. The zero-order valence-corrected chi connectivity index (χ0v) is 8.69. The van der Waals surface area contributed by atoms with E-state index in [0.29, 0.717) is 0 Å². The first kappa shape index (κ1) is 11.6. The quantitative estimate of drug-likeness (QED) is 0.592. The number of carboxylic acid groups (broad SMARTS) is 1. The minimum atomic E-state index is -1.01. The van der Waals surface area contributed by atoms with E-state index in [1.165, 1.54) is 4.90 Å². The molecule has 0 spiro atoms. The molecule has 0 saturated carbocycles. The van der Waals surface area contributed by atoms with Crippen molar-refractivity contribution < 1.29 is 19.5 Å². The van der Waals surface area contributed by atoms with Crippen LogP contribution in [0.15, 0.2) is 0 Å². The summed E-state index contributed by atoms with van der Waals surface area (Å²) in [5.41, 5.74) is 0. The van der Waals surface area contributed by atoms with E-state index in [4.69, 9.17) is 5.11 Å². The summed E-state index contributed by atoms with van der Waals surface area (Å²) >= 11 is 0. The molecular weight excluding hydrogens is 200 g/mol. The Morgan fingerprint density at radius 3 is 2.13 bits per heavy atom. The standard InChI is InChI=1S/C9H14N2O4/c1-5(2)8(9(14)15)11-3-6(12)10-7(13)4-11/h5,8H,3-4H2,1-2H3,(H,14,15)(H,10,12,13). The zero-order chi connectivity index (χ0) is 11.6. The van der Waals surface area contributed by atoms with Crippen molar-refractivity contribution in [2.24, 2.45) is 5.92 Å². The van der Waals surface area contributed by atoms with Crippen LogP contribution in [0.2, 0.25) is 0 Å². The summed E-state index contributed by atoms with van der Waals surface area (Å²) in [5, 5.41) is 11.1. The van der Waals surface area contributed by atoms with Crippen LogP contribution in [0.1, 0.15) is 13.8 Å². The maximum atomic E-state index is 11.1. The molecule has 2 N–H and O–H groups in total. The highest BCUT2D eigenvalue weighted by Crippen LogP contribution is 2.12. The molecule has 84 valence electrons. The van der Waals surface area contributed by atoms with E-state index in [1.54, 1.807) is 13.8 Å². The average Bonchev–Trinajstić information content (AvgIpc) is 1.99. The van der Waals surface area contributed by atoms with Crippen molar-refractivity contribution >= 4 is 17.8 Å². The normalized spacial score (nSPS) is 20.2. The first-order valence-electron chi connectivity index (χ1n) is 4.71. The Labute approximate surface area is 87.2 Å². The lowest BCUT2D eigenvalue weighted by atomic mass is 10.0. The van der Waals surface area contributed by atoms with Gasteiger partial charge in [0.15, 0.2) is 0 Å². The fraction of sp³-hybridized carbons (Fsp3) is 0.667. The summed E-state index contributed by atoms with van der Waals surface area (Å²) in [7, 11) is 0. The summed E-state index contributed by atoms with van der Waals surface area (Å²) in [5.74, 6) is -2.05. The zero-order valence-electron chi connectivity index (χ0n) is 8.69. The minimum absolute atomic E-state index is 0.0408. The lowest BCUT2D eigenvalue weighted by Crippen LogP contribution is -2.57.